The minimum absolute atomic E-state index is 0. The van der Waals surface area contributed by atoms with Crippen LogP contribution in [0.3, 0.4) is 0 Å². The van der Waals surface area contributed by atoms with Gasteiger partial charge in [0.1, 0.15) is 0 Å². The largest absolute Gasteiger partial charge is 1.00 e. The van der Waals surface area contributed by atoms with Crippen molar-refractivity contribution in [1.82, 2.24) is 0 Å². The van der Waals surface area contributed by atoms with Crippen LogP contribution in [0, 0.1) is 0 Å². The first-order chi connectivity index (χ1) is 5.41. The Labute approximate surface area is 107 Å². The molecule has 0 aliphatic carbocycles. The normalized spacial score (nSPS) is 12.6. The van der Waals surface area contributed by atoms with Crippen LogP contribution in [-0.4, -0.2) is 29.9 Å². The van der Waals surface area contributed by atoms with Gasteiger partial charge in [-0.15, -0.1) is 0 Å². The van der Waals surface area contributed by atoms with Gasteiger partial charge in [0.05, 0.1) is 0 Å². The van der Waals surface area contributed by atoms with Crippen LogP contribution in [0.15, 0.2) is 0 Å². The number of phosphoric acid groups is 3. The summed E-state index contributed by atoms with van der Waals surface area (Å²) in [5.41, 5.74) is 0. The van der Waals surface area contributed by atoms with Gasteiger partial charge in [-0.2, -0.15) is 8.62 Å². The van der Waals surface area contributed by atoms with E-state index >= 15 is 0 Å². The number of hydrogen-bond donors (Lipinski definition) is 5. The van der Waals surface area contributed by atoms with Crippen molar-refractivity contribution in [2.45, 2.75) is 0 Å². The zero-order valence-electron chi connectivity index (χ0n) is 8.12. The van der Waals surface area contributed by atoms with Crippen LogP contribution in [0.1, 0.15) is 1.43 Å². The molecule has 0 aromatic carbocycles. The number of rotatable bonds is 4. The predicted octanol–water partition coefficient (Wildman–Crippen LogP) is -4.40. The third kappa shape index (κ3) is 15.4. The Hall–Kier alpha value is 1.37. The Kier molecular flexibility index (Phi) is 10.0. The Bertz CT molecular complexity index is 283. The zero-order chi connectivity index (χ0) is 10.9. The van der Waals surface area contributed by atoms with Crippen LogP contribution in [0.4, 0.5) is 0 Å². The van der Waals surface area contributed by atoms with Gasteiger partial charge in [-0.25, -0.2) is 13.7 Å². The topological polar surface area (TPSA) is 202 Å². The molecule has 0 saturated carbocycles. The Morgan fingerprint density at radius 1 is 0.800 bits per heavy atom. The van der Waals surface area contributed by atoms with Crippen LogP contribution < -0.4 is 29.6 Å². The molecule has 15 heteroatoms. The van der Waals surface area contributed by atoms with Gasteiger partial charge in [-0.05, 0) is 0 Å². The summed E-state index contributed by atoms with van der Waals surface area (Å²) in [6, 6.07) is 0. The van der Waals surface area contributed by atoms with E-state index in [0.717, 1.165) is 0 Å². The van der Waals surface area contributed by atoms with E-state index in [-0.39, 0.29) is 36.5 Å². The Balaban J connectivity index is -0.000000240. The van der Waals surface area contributed by atoms with Crippen LogP contribution in [0.5, 0.6) is 0 Å². The molecule has 0 saturated heterocycles. The molecule has 0 atom stereocenters. The van der Waals surface area contributed by atoms with Gasteiger partial charge in [0.2, 0.25) is 0 Å². The molecule has 0 aliphatic rings. The van der Waals surface area contributed by atoms with Gasteiger partial charge in [0.25, 0.3) is 0 Å². The minimum Gasteiger partial charge on any atom is -1.00 e. The van der Waals surface area contributed by atoms with Crippen LogP contribution in [0.25, 0.3) is 0 Å². The van der Waals surface area contributed by atoms with Gasteiger partial charge in [0.15, 0.2) is 0 Å². The summed E-state index contributed by atoms with van der Waals surface area (Å²) in [4.78, 5) is 40.2. The molecule has 90 valence electrons. The summed E-state index contributed by atoms with van der Waals surface area (Å²) in [5.74, 6) is 0. The SMILES string of the molecule is O.O=P(O)(O)OP(=O)(O)OP(=O)(O)O.[H-].[Na+]. The molecule has 0 rings (SSSR count). The third-order valence-corrected chi connectivity index (χ3v) is 3.77. The maximum absolute atomic E-state index is 10.4. The first-order valence-corrected chi connectivity index (χ1v) is 6.83. The average molecular weight is 300 g/mol. The molecule has 0 spiro atoms. The molecule has 0 aliphatic heterocycles. The van der Waals surface area contributed by atoms with E-state index in [0.29, 0.717) is 0 Å². The summed E-state index contributed by atoms with van der Waals surface area (Å²) in [6.45, 7) is 0. The van der Waals surface area contributed by atoms with Crippen LogP contribution in [0.2, 0.25) is 0 Å². The molecule has 0 aromatic heterocycles. The molecular formula is H8NaO11P3. The molecule has 11 nitrogen and oxygen atoms in total. The molecule has 0 fully saturated rings. The van der Waals surface area contributed by atoms with Gasteiger partial charge >= 0.3 is 53.0 Å². The maximum atomic E-state index is 10.4. The summed E-state index contributed by atoms with van der Waals surface area (Å²) in [5, 5.41) is 0. The monoisotopic (exact) mass is 300 g/mol. The second-order valence-corrected chi connectivity index (χ2v) is 5.82. The third-order valence-electron chi connectivity index (χ3n) is 0.419. The maximum Gasteiger partial charge on any atom is 1.00 e. The second kappa shape index (κ2) is 6.95. The summed E-state index contributed by atoms with van der Waals surface area (Å²) in [6.07, 6.45) is 0. The van der Waals surface area contributed by atoms with Crippen LogP contribution >= 0.6 is 23.5 Å². The van der Waals surface area contributed by atoms with E-state index in [1.54, 1.807) is 0 Å². The van der Waals surface area contributed by atoms with E-state index in [9.17, 15) is 13.7 Å². The van der Waals surface area contributed by atoms with E-state index in [1.807, 2.05) is 0 Å². The molecule has 0 radical (unpaired) electrons. The van der Waals surface area contributed by atoms with Crippen molar-refractivity contribution in [1.29, 1.82) is 0 Å². The van der Waals surface area contributed by atoms with Crippen LogP contribution in [-0.2, 0) is 22.3 Å². The molecule has 0 aromatic rings. The molecule has 7 N–H and O–H groups in total. The average Bonchev–Trinajstić information content (AvgIpc) is 1.43. The van der Waals surface area contributed by atoms with Gasteiger partial charge < -0.3 is 31.4 Å². The van der Waals surface area contributed by atoms with Crippen molar-refractivity contribution in [3.05, 3.63) is 0 Å². The summed E-state index contributed by atoms with van der Waals surface area (Å²) >= 11 is 0. The zero-order valence-corrected chi connectivity index (χ0v) is 11.8. The van der Waals surface area contributed by atoms with Crippen molar-refractivity contribution < 1.29 is 83.2 Å². The molecular weight excluding hydrogens is 292 g/mol. The van der Waals surface area contributed by atoms with Gasteiger partial charge in [-0.1, -0.05) is 0 Å². The van der Waals surface area contributed by atoms with Crippen molar-refractivity contribution in [3.8, 4) is 0 Å². The minimum atomic E-state index is -5.46. The van der Waals surface area contributed by atoms with Crippen molar-refractivity contribution in [2.75, 3.05) is 0 Å². The first kappa shape index (κ1) is 21.6. The van der Waals surface area contributed by atoms with Gasteiger partial charge in [-0.3, -0.25) is 0 Å². The van der Waals surface area contributed by atoms with Gasteiger partial charge in [0, 0.05) is 0 Å². The quantitative estimate of drug-likeness (QED) is 0.249. The number of hydrogen-bond acceptors (Lipinski definition) is 5. The molecule has 0 heterocycles. The fourth-order valence-electron chi connectivity index (χ4n) is 0.284. The van der Waals surface area contributed by atoms with Crippen molar-refractivity contribution in [3.63, 3.8) is 0 Å². The van der Waals surface area contributed by atoms with E-state index in [1.165, 1.54) is 0 Å². The Morgan fingerprint density at radius 2 is 1.00 bits per heavy atom. The fourth-order valence-corrected chi connectivity index (χ4v) is 2.82. The summed E-state index contributed by atoms with van der Waals surface area (Å²) < 4.78 is 36.4. The molecule has 0 unspecified atom stereocenters. The summed E-state index contributed by atoms with van der Waals surface area (Å²) in [7, 11) is -16.2. The second-order valence-electron chi connectivity index (χ2n) is 1.61. The fraction of sp³-hybridized carbons (Fsp3) is 0. The smallest absolute Gasteiger partial charge is 1.00 e. The van der Waals surface area contributed by atoms with E-state index in [4.69, 9.17) is 24.5 Å². The molecule has 15 heavy (non-hydrogen) atoms. The molecule has 0 bridgehead atoms. The van der Waals surface area contributed by atoms with Crippen molar-refractivity contribution in [2.24, 2.45) is 0 Å². The van der Waals surface area contributed by atoms with Crippen molar-refractivity contribution >= 4 is 23.5 Å². The molecule has 0 amide bonds. The first-order valence-electron chi connectivity index (χ1n) is 2.28. The van der Waals surface area contributed by atoms with E-state index in [2.05, 4.69) is 8.62 Å². The standard InChI is InChI=1S/Na.H5O10P3.H2O.H/c;1-11(2,3)9-13(7,8)10-12(4,5)6;;/h;(H,7,8)(H2,1,2,3)(H2,4,5,6);1H2;/q+1;;;-1. The predicted molar refractivity (Wildman–Crippen MR) is 40.8 cm³/mol. The van der Waals surface area contributed by atoms with E-state index < -0.39 is 23.5 Å². The Morgan fingerprint density at radius 3 is 1.13 bits per heavy atom.